The number of rotatable bonds is 2. The predicted molar refractivity (Wildman–Crippen MR) is 79.5 cm³/mol. The van der Waals surface area contributed by atoms with Crippen LogP contribution < -0.4 is 5.56 Å². The van der Waals surface area contributed by atoms with Crippen LogP contribution in [0.1, 0.15) is 19.5 Å². The van der Waals surface area contributed by atoms with Gasteiger partial charge in [0.25, 0.3) is 5.56 Å². The molecule has 0 fully saturated rings. The molecular weight excluding hydrogens is 268 g/mol. The Morgan fingerprint density at radius 2 is 2.10 bits per heavy atom. The van der Waals surface area contributed by atoms with E-state index in [2.05, 4.69) is 20.2 Å². The number of hydrogen-bond donors (Lipinski definition) is 1. The topological polar surface area (TPSA) is 80.9 Å². The minimum atomic E-state index is -0.155. The standard InChI is InChI=1S/C14H14N6O/c1-3-8-5-11-17-12-9-7-16-19(4-2)13(9)15-6-10(12)14(21)20(11)18-8/h5-7,17H,3-4H2,1-2H3. The van der Waals surface area contributed by atoms with Crippen molar-refractivity contribution in [2.75, 3.05) is 0 Å². The molecule has 4 aromatic rings. The van der Waals surface area contributed by atoms with E-state index in [0.29, 0.717) is 11.0 Å². The van der Waals surface area contributed by atoms with E-state index < -0.39 is 0 Å². The van der Waals surface area contributed by atoms with Gasteiger partial charge in [-0.25, -0.2) is 9.67 Å². The first kappa shape index (κ1) is 12.1. The first-order valence-corrected chi connectivity index (χ1v) is 6.98. The Labute approximate surface area is 119 Å². The lowest BCUT2D eigenvalue weighted by molar-refractivity contribution is 0.677. The zero-order valence-electron chi connectivity index (χ0n) is 11.8. The van der Waals surface area contributed by atoms with Crippen molar-refractivity contribution in [1.82, 2.24) is 29.4 Å². The molecule has 0 spiro atoms. The summed E-state index contributed by atoms with van der Waals surface area (Å²) in [5, 5.41) is 9.99. The van der Waals surface area contributed by atoms with Crippen LogP contribution in [0.5, 0.6) is 0 Å². The highest BCUT2D eigenvalue weighted by Crippen LogP contribution is 2.20. The maximum Gasteiger partial charge on any atom is 0.283 e. The lowest BCUT2D eigenvalue weighted by Crippen LogP contribution is -2.15. The second-order valence-corrected chi connectivity index (χ2v) is 4.96. The van der Waals surface area contributed by atoms with Gasteiger partial charge in [-0.05, 0) is 13.3 Å². The van der Waals surface area contributed by atoms with Gasteiger partial charge in [-0.2, -0.15) is 14.7 Å². The molecule has 0 aliphatic heterocycles. The molecular formula is C14H14N6O. The van der Waals surface area contributed by atoms with E-state index in [-0.39, 0.29) is 5.56 Å². The number of nitrogens with zero attached hydrogens (tertiary/aromatic N) is 5. The molecule has 0 saturated heterocycles. The summed E-state index contributed by atoms with van der Waals surface area (Å²) in [5.41, 5.74) is 2.96. The summed E-state index contributed by atoms with van der Waals surface area (Å²) in [7, 11) is 0. The monoisotopic (exact) mass is 282 g/mol. The third kappa shape index (κ3) is 1.54. The van der Waals surface area contributed by atoms with E-state index in [1.165, 1.54) is 4.52 Å². The Kier molecular flexibility index (Phi) is 2.38. The van der Waals surface area contributed by atoms with Crippen LogP contribution in [0, 0.1) is 0 Å². The highest BCUT2D eigenvalue weighted by molar-refractivity contribution is 6.01. The fourth-order valence-electron chi connectivity index (χ4n) is 2.64. The minimum absolute atomic E-state index is 0.155. The summed E-state index contributed by atoms with van der Waals surface area (Å²) in [6.45, 7) is 4.76. The summed E-state index contributed by atoms with van der Waals surface area (Å²) in [5.74, 6) is 0. The lowest BCUT2D eigenvalue weighted by atomic mass is 10.2. The molecule has 1 N–H and O–H groups in total. The molecule has 4 heterocycles. The van der Waals surface area contributed by atoms with Gasteiger partial charge in [-0.1, -0.05) is 6.92 Å². The Morgan fingerprint density at radius 1 is 1.24 bits per heavy atom. The first-order valence-electron chi connectivity index (χ1n) is 6.98. The van der Waals surface area contributed by atoms with Crippen molar-refractivity contribution in [3.05, 3.63) is 34.5 Å². The Morgan fingerprint density at radius 3 is 2.86 bits per heavy atom. The first-order chi connectivity index (χ1) is 10.2. The number of H-pyrrole nitrogens is 1. The van der Waals surface area contributed by atoms with Crippen molar-refractivity contribution >= 4 is 27.6 Å². The van der Waals surface area contributed by atoms with Crippen LogP contribution in [0.4, 0.5) is 0 Å². The molecule has 0 radical (unpaired) electrons. The molecule has 0 bridgehead atoms. The van der Waals surface area contributed by atoms with E-state index in [1.807, 2.05) is 24.6 Å². The van der Waals surface area contributed by atoms with Gasteiger partial charge in [-0.15, -0.1) is 0 Å². The largest absolute Gasteiger partial charge is 0.339 e. The van der Waals surface area contributed by atoms with Gasteiger partial charge >= 0.3 is 0 Å². The van der Waals surface area contributed by atoms with Crippen molar-refractivity contribution in [2.24, 2.45) is 0 Å². The maximum absolute atomic E-state index is 12.6. The number of aryl methyl sites for hydroxylation is 2. The van der Waals surface area contributed by atoms with Crippen molar-refractivity contribution in [2.45, 2.75) is 26.8 Å². The molecule has 4 rings (SSSR count). The molecule has 0 aromatic carbocycles. The molecule has 0 aliphatic carbocycles. The van der Waals surface area contributed by atoms with Gasteiger partial charge in [0, 0.05) is 18.8 Å². The number of fused-ring (bicyclic) bond motifs is 4. The normalized spacial score (nSPS) is 11.9. The van der Waals surface area contributed by atoms with Crippen molar-refractivity contribution in [3.63, 3.8) is 0 Å². The van der Waals surface area contributed by atoms with E-state index >= 15 is 0 Å². The number of pyridine rings is 1. The van der Waals surface area contributed by atoms with Gasteiger partial charge in [0.1, 0.15) is 5.65 Å². The summed E-state index contributed by atoms with van der Waals surface area (Å²) < 4.78 is 3.21. The second-order valence-electron chi connectivity index (χ2n) is 4.96. The molecule has 0 atom stereocenters. The van der Waals surface area contributed by atoms with Gasteiger partial charge < -0.3 is 4.98 Å². The van der Waals surface area contributed by atoms with Crippen molar-refractivity contribution < 1.29 is 0 Å². The number of hydrogen-bond acceptors (Lipinski definition) is 4. The Bertz CT molecular complexity index is 1040. The molecule has 0 aliphatic rings. The zero-order chi connectivity index (χ0) is 14.6. The van der Waals surface area contributed by atoms with Gasteiger partial charge in [0.05, 0.1) is 28.2 Å². The smallest absolute Gasteiger partial charge is 0.283 e. The highest BCUT2D eigenvalue weighted by atomic mass is 16.1. The van der Waals surface area contributed by atoms with Crippen LogP contribution in [0.25, 0.3) is 27.6 Å². The second kappa shape index (κ2) is 4.15. The van der Waals surface area contributed by atoms with Crippen LogP contribution in [0.15, 0.2) is 23.3 Å². The number of nitrogens with one attached hydrogen (secondary N) is 1. The fraction of sp³-hybridized carbons (Fsp3) is 0.286. The molecule has 7 nitrogen and oxygen atoms in total. The fourth-order valence-corrected chi connectivity index (χ4v) is 2.64. The zero-order valence-corrected chi connectivity index (χ0v) is 11.8. The summed E-state index contributed by atoms with van der Waals surface area (Å²) >= 11 is 0. The Balaban J connectivity index is 2.20. The minimum Gasteiger partial charge on any atom is -0.339 e. The molecule has 4 aromatic heterocycles. The van der Waals surface area contributed by atoms with E-state index in [4.69, 9.17) is 0 Å². The van der Waals surface area contributed by atoms with Gasteiger partial charge in [0.15, 0.2) is 5.65 Å². The number of aromatic amines is 1. The lowest BCUT2D eigenvalue weighted by Gasteiger charge is -2.02. The maximum atomic E-state index is 12.6. The van der Waals surface area contributed by atoms with Crippen LogP contribution in [-0.2, 0) is 13.0 Å². The predicted octanol–water partition coefficient (Wildman–Crippen LogP) is 1.50. The van der Waals surface area contributed by atoms with Crippen LogP contribution in [0.3, 0.4) is 0 Å². The van der Waals surface area contributed by atoms with Crippen LogP contribution in [0.2, 0.25) is 0 Å². The van der Waals surface area contributed by atoms with Crippen LogP contribution >= 0.6 is 0 Å². The SMILES string of the molecule is CCc1cc2[nH]c3c(cnc4c3cnn4CC)c(=O)n2n1. The average molecular weight is 282 g/mol. The molecule has 0 saturated carbocycles. The Hall–Kier alpha value is -2.70. The van der Waals surface area contributed by atoms with E-state index in [9.17, 15) is 4.79 Å². The third-order valence-electron chi connectivity index (χ3n) is 3.76. The number of aromatic nitrogens is 6. The van der Waals surface area contributed by atoms with Crippen molar-refractivity contribution in [1.29, 1.82) is 0 Å². The van der Waals surface area contributed by atoms with Gasteiger partial charge in [-0.3, -0.25) is 4.79 Å². The van der Waals surface area contributed by atoms with Crippen molar-refractivity contribution in [3.8, 4) is 0 Å². The summed E-state index contributed by atoms with van der Waals surface area (Å²) in [6, 6.07) is 1.90. The molecule has 0 unspecified atom stereocenters. The highest BCUT2D eigenvalue weighted by Gasteiger charge is 2.13. The van der Waals surface area contributed by atoms with Crippen LogP contribution in [-0.4, -0.2) is 29.4 Å². The summed E-state index contributed by atoms with van der Waals surface area (Å²) in [4.78, 5) is 20.2. The molecule has 0 amide bonds. The quantitative estimate of drug-likeness (QED) is 0.604. The molecule has 7 heteroatoms. The molecule has 106 valence electrons. The summed E-state index contributed by atoms with van der Waals surface area (Å²) in [6.07, 6.45) is 4.13. The van der Waals surface area contributed by atoms with E-state index in [0.717, 1.165) is 35.2 Å². The van der Waals surface area contributed by atoms with Gasteiger partial charge in [0.2, 0.25) is 0 Å². The van der Waals surface area contributed by atoms with E-state index in [1.54, 1.807) is 12.4 Å². The average Bonchev–Trinajstić information content (AvgIpc) is 3.10. The third-order valence-corrected chi connectivity index (χ3v) is 3.76. The molecule has 21 heavy (non-hydrogen) atoms.